The van der Waals surface area contributed by atoms with E-state index in [9.17, 15) is 4.79 Å². The van der Waals surface area contributed by atoms with Crippen LogP contribution in [0.25, 0.3) is 0 Å². The van der Waals surface area contributed by atoms with Crippen LogP contribution in [0.5, 0.6) is 0 Å². The first-order valence-corrected chi connectivity index (χ1v) is 7.22. The molecule has 0 radical (unpaired) electrons. The molecule has 1 aliphatic carbocycles. The molecule has 94 valence electrons. The predicted molar refractivity (Wildman–Crippen MR) is 66.7 cm³/mol. The second-order valence-electron chi connectivity index (χ2n) is 4.15. The molecule has 1 amide bonds. The van der Waals surface area contributed by atoms with Crippen LogP contribution in [0.3, 0.4) is 0 Å². The number of amides is 1. The summed E-state index contributed by atoms with van der Waals surface area (Å²) in [6, 6.07) is 3.50. The SMILES string of the molecule is CSCc1ccc(C(=O)NOC2CCCC2)o1. The summed E-state index contributed by atoms with van der Waals surface area (Å²) in [5, 5.41) is 0. The molecule has 0 spiro atoms. The zero-order chi connectivity index (χ0) is 12.1. The van der Waals surface area contributed by atoms with Crippen LogP contribution >= 0.6 is 11.8 Å². The fourth-order valence-electron chi connectivity index (χ4n) is 1.91. The minimum absolute atomic E-state index is 0.166. The molecule has 4 nitrogen and oxygen atoms in total. The first kappa shape index (κ1) is 12.5. The maximum Gasteiger partial charge on any atom is 0.310 e. The highest BCUT2D eigenvalue weighted by molar-refractivity contribution is 7.97. The molecule has 1 N–H and O–H groups in total. The molecule has 0 saturated heterocycles. The van der Waals surface area contributed by atoms with E-state index in [4.69, 9.17) is 9.25 Å². The third-order valence-electron chi connectivity index (χ3n) is 2.79. The topological polar surface area (TPSA) is 51.5 Å². The van der Waals surface area contributed by atoms with Gasteiger partial charge in [-0.3, -0.25) is 9.63 Å². The van der Waals surface area contributed by atoms with Crippen LogP contribution in [0.4, 0.5) is 0 Å². The molecule has 17 heavy (non-hydrogen) atoms. The molecule has 0 aromatic carbocycles. The average molecular weight is 255 g/mol. The van der Waals surface area contributed by atoms with Gasteiger partial charge in [0.05, 0.1) is 11.9 Å². The van der Waals surface area contributed by atoms with Gasteiger partial charge in [0.15, 0.2) is 5.76 Å². The Morgan fingerprint density at radius 2 is 2.29 bits per heavy atom. The zero-order valence-corrected chi connectivity index (χ0v) is 10.7. The standard InChI is InChI=1S/C12H17NO3S/c1-17-8-10-6-7-11(15-10)12(14)13-16-9-4-2-3-5-9/h6-7,9H,2-5,8H2,1H3,(H,13,14). The summed E-state index contributed by atoms with van der Waals surface area (Å²) in [5.74, 6) is 1.59. The molecule has 1 aromatic rings. The maximum atomic E-state index is 11.7. The summed E-state index contributed by atoms with van der Waals surface area (Å²) >= 11 is 1.66. The highest BCUT2D eigenvalue weighted by atomic mass is 32.2. The van der Waals surface area contributed by atoms with Crippen LogP contribution in [-0.2, 0) is 10.6 Å². The van der Waals surface area contributed by atoms with Crippen molar-refractivity contribution in [3.63, 3.8) is 0 Å². The van der Waals surface area contributed by atoms with Gasteiger partial charge in [-0.25, -0.2) is 5.48 Å². The van der Waals surface area contributed by atoms with E-state index >= 15 is 0 Å². The molecule has 1 fully saturated rings. The number of rotatable bonds is 5. The fourth-order valence-corrected chi connectivity index (χ4v) is 2.35. The quantitative estimate of drug-likeness (QED) is 0.822. The number of hydrogen-bond donors (Lipinski definition) is 1. The molecule has 1 aliphatic rings. The van der Waals surface area contributed by atoms with E-state index in [1.807, 2.05) is 12.3 Å². The van der Waals surface area contributed by atoms with E-state index < -0.39 is 0 Å². The van der Waals surface area contributed by atoms with E-state index in [-0.39, 0.29) is 12.0 Å². The number of hydrogen-bond acceptors (Lipinski definition) is 4. The molecule has 0 atom stereocenters. The zero-order valence-electron chi connectivity index (χ0n) is 9.90. The van der Waals surface area contributed by atoms with Crippen LogP contribution in [-0.4, -0.2) is 18.3 Å². The maximum absolute atomic E-state index is 11.7. The molecule has 0 unspecified atom stereocenters. The van der Waals surface area contributed by atoms with Crippen molar-refractivity contribution in [3.05, 3.63) is 23.7 Å². The predicted octanol–water partition coefficient (Wildman–Crippen LogP) is 2.75. The van der Waals surface area contributed by atoms with Gasteiger partial charge in [0, 0.05) is 0 Å². The van der Waals surface area contributed by atoms with Crippen LogP contribution in [0.2, 0.25) is 0 Å². The first-order valence-electron chi connectivity index (χ1n) is 5.83. The van der Waals surface area contributed by atoms with E-state index in [2.05, 4.69) is 5.48 Å². The van der Waals surface area contributed by atoms with E-state index in [1.54, 1.807) is 17.8 Å². The minimum Gasteiger partial charge on any atom is -0.455 e. The highest BCUT2D eigenvalue weighted by Crippen LogP contribution is 2.20. The van der Waals surface area contributed by atoms with Crippen LogP contribution in [0.15, 0.2) is 16.5 Å². The molecule has 5 heteroatoms. The molecule has 1 heterocycles. The van der Waals surface area contributed by atoms with Crippen molar-refractivity contribution in [2.24, 2.45) is 0 Å². The largest absolute Gasteiger partial charge is 0.455 e. The van der Waals surface area contributed by atoms with Crippen LogP contribution < -0.4 is 5.48 Å². The summed E-state index contributed by atoms with van der Waals surface area (Å²) in [7, 11) is 0. The van der Waals surface area contributed by atoms with E-state index in [1.165, 1.54) is 12.8 Å². The van der Waals surface area contributed by atoms with Gasteiger partial charge >= 0.3 is 5.91 Å². The third kappa shape index (κ3) is 3.51. The van der Waals surface area contributed by atoms with Gasteiger partial charge in [-0.1, -0.05) is 12.8 Å². The molecular weight excluding hydrogens is 238 g/mol. The van der Waals surface area contributed by atoms with E-state index in [0.717, 1.165) is 24.4 Å². The van der Waals surface area contributed by atoms with Gasteiger partial charge in [-0.2, -0.15) is 11.8 Å². The molecule has 0 bridgehead atoms. The van der Waals surface area contributed by atoms with Gasteiger partial charge in [-0.15, -0.1) is 0 Å². The number of thioether (sulfide) groups is 1. The Balaban J connectivity index is 1.81. The Hall–Kier alpha value is -0.940. The van der Waals surface area contributed by atoms with Crippen LogP contribution in [0, 0.1) is 0 Å². The normalized spacial score (nSPS) is 16.3. The first-order chi connectivity index (χ1) is 8.29. The smallest absolute Gasteiger partial charge is 0.310 e. The summed E-state index contributed by atoms with van der Waals surface area (Å²) < 4.78 is 5.39. The lowest BCUT2D eigenvalue weighted by Crippen LogP contribution is -2.27. The molecule has 1 saturated carbocycles. The number of nitrogens with one attached hydrogen (secondary N) is 1. The lowest BCUT2D eigenvalue weighted by atomic mass is 10.3. The number of furan rings is 1. The third-order valence-corrected chi connectivity index (χ3v) is 3.37. The fraction of sp³-hybridized carbons (Fsp3) is 0.583. The second kappa shape index (κ2) is 6.12. The number of carbonyl (C=O) groups excluding carboxylic acids is 1. The number of carbonyl (C=O) groups is 1. The Morgan fingerprint density at radius 3 is 3.00 bits per heavy atom. The van der Waals surface area contributed by atoms with Crippen molar-refractivity contribution in [2.75, 3.05) is 6.26 Å². The Bertz CT molecular complexity index is 372. The van der Waals surface area contributed by atoms with Gasteiger partial charge in [0.1, 0.15) is 5.76 Å². The second-order valence-corrected chi connectivity index (χ2v) is 5.02. The van der Waals surface area contributed by atoms with Crippen molar-refractivity contribution in [2.45, 2.75) is 37.5 Å². The lowest BCUT2D eigenvalue weighted by molar-refractivity contribution is -0.0139. The summed E-state index contributed by atoms with van der Waals surface area (Å²) in [6.07, 6.45) is 6.57. The minimum atomic E-state index is -0.302. The van der Waals surface area contributed by atoms with Gasteiger partial charge in [0.2, 0.25) is 0 Å². The monoisotopic (exact) mass is 255 g/mol. The van der Waals surface area contributed by atoms with Crippen molar-refractivity contribution in [1.82, 2.24) is 5.48 Å². The van der Waals surface area contributed by atoms with Crippen molar-refractivity contribution in [1.29, 1.82) is 0 Å². The average Bonchev–Trinajstić information content (AvgIpc) is 2.97. The lowest BCUT2D eigenvalue weighted by Gasteiger charge is -2.09. The molecule has 2 rings (SSSR count). The van der Waals surface area contributed by atoms with Gasteiger partial charge < -0.3 is 4.42 Å². The van der Waals surface area contributed by atoms with E-state index in [0.29, 0.717) is 5.76 Å². The Labute approximate surface area is 105 Å². The van der Waals surface area contributed by atoms with Crippen molar-refractivity contribution >= 4 is 17.7 Å². The summed E-state index contributed by atoms with van der Waals surface area (Å²) in [4.78, 5) is 17.0. The molecule has 1 aromatic heterocycles. The van der Waals surface area contributed by atoms with Gasteiger partial charge in [0.25, 0.3) is 0 Å². The molecular formula is C12H17NO3S. The number of hydroxylamine groups is 1. The summed E-state index contributed by atoms with van der Waals surface area (Å²) in [5.41, 5.74) is 2.46. The van der Waals surface area contributed by atoms with Crippen molar-refractivity contribution in [3.8, 4) is 0 Å². The van der Waals surface area contributed by atoms with Gasteiger partial charge in [-0.05, 0) is 31.2 Å². The highest BCUT2D eigenvalue weighted by Gasteiger charge is 2.18. The Morgan fingerprint density at radius 1 is 1.53 bits per heavy atom. The Kier molecular flexibility index (Phi) is 4.50. The summed E-state index contributed by atoms with van der Waals surface area (Å²) in [6.45, 7) is 0. The molecule has 0 aliphatic heterocycles. The van der Waals surface area contributed by atoms with Crippen molar-refractivity contribution < 1.29 is 14.0 Å². The van der Waals surface area contributed by atoms with Crippen LogP contribution in [0.1, 0.15) is 42.0 Å².